The molecule has 0 aliphatic heterocycles. The molecule has 7 heteroatoms. The summed E-state index contributed by atoms with van der Waals surface area (Å²) in [6.07, 6.45) is 14.7. The number of benzene rings is 2. The fourth-order valence-electron chi connectivity index (χ4n) is 7.89. The molecule has 7 nitrogen and oxygen atoms in total. The van der Waals surface area contributed by atoms with Crippen molar-refractivity contribution < 1.29 is 9.90 Å². The highest BCUT2D eigenvalue weighted by Crippen LogP contribution is 2.44. The number of aromatic nitrogens is 4. The molecule has 4 aliphatic rings. The highest BCUT2D eigenvalue weighted by molar-refractivity contribution is 6.01. The quantitative estimate of drug-likeness (QED) is 0.247. The molecular weight excluding hydrogens is 510 g/mol. The summed E-state index contributed by atoms with van der Waals surface area (Å²) in [5.74, 6) is 2.92. The summed E-state index contributed by atoms with van der Waals surface area (Å²) in [6.45, 7) is 0. The molecule has 2 aromatic carbocycles. The molecule has 212 valence electrons. The molecule has 4 aliphatic carbocycles. The van der Waals surface area contributed by atoms with Crippen LogP contribution in [0.15, 0.2) is 60.9 Å². The van der Waals surface area contributed by atoms with Gasteiger partial charge in [0.15, 0.2) is 5.82 Å². The zero-order valence-corrected chi connectivity index (χ0v) is 23.5. The van der Waals surface area contributed by atoms with Gasteiger partial charge >= 0.3 is 0 Å². The van der Waals surface area contributed by atoms with Crippen LogP contribution in [-0.2, 0) is 6.42 Å². The molecule has 0 radical (unpaired) electrons. The molecule has 5 unspecified atom stereocenters. The van der Waals surface area contributed by atoms with Crippen LogP contribution in [0.2, 0.25) is 0 Å². The SMILES string of the molecule is O=C(NC(c1ncccn1)C1CCCC1)c1ccc2[nH]nc(-c3ccc(CC4CC5CCC4CC(O)C5)cc3)c2c1. The fourth-order valence-corrected chi connectivity index (χ4v) is 7.89. The smallest absolute Gasteiger partial charge is 0.251 e. The van der Waals surface area contributed by atoms with Crippen molar-refractivity contribution >= 4 is 16.8 Å². The number of aromatic amines is 1. The number of nitrogens with zero attached hydrogens (tertiary/aromatic N) is 3. The lowest BCUT2D eigenvalue weighted by Gasteiger charge is -2.32. The first-order valence-corrected chi connectivity index (χ1v) is 15.4. The molecule has 2 heterocycles. The number of rotatable bonds is 7. The number of amides is 1. The number of aliphatic hydroxyl groups excluding tert-OH is 1. The van der Waals surface area contributed by atoms with E-state index in [0.717, 1.165) is 54.3 Å². The lowest BCUT2D eigenvalue weighted by atomic mass is 9.73. The predicted octanol–water partition coefficient (Wildman–Crippen LogP) is 6.41. The van der Waals surface area contributed by atoms with Crippen LogP contribution in [0.5, 0.6) is 0 Å². The van der Waals surface area contributed by atoms with E-state index in [4.69, 9.17) is 0 Å². The van der Waals surface area contributed by atoms with Gasteiger partial charge in [0.25, 0.3) is 5.91 Å². The second-order valence-electron chi connectivity index (χ2n) is 12.7. The number of H-pyrrole nitrogens is 1. The third-order valence-corrected chi connectivity index (χ3v) is 10.0. The van der Waals surface area contributed by atoms with Crippen molar-refractivity contribution in [3.8, 4) is 11.3 Å². The third kappa shape index (κ3) is 5.52. The summed E-state index contributed by atoms with van der Waals surface area (Å²) >= 11 is 0. The number of hydrogen-bond acceptors (Lipinski definition) is 5. The Labute approximate surface area is 241 Å². The second kappa shape index (κ2) is 11.4. The molecule has 4 saturated carbocycles. The molecule has 4 aromatic rings. The van der Waals surface area contributed by atoms with Crippen molar-refractivity contribution in [3.63, 3.8) is 0 Å². The van der Waals surface area contributed by atoms with Gasteiger partial charge in [0.1, 0.15) is 0 Å². The second-order valence-corrected chi connectivity index (χ2v) is 12.7. The molecule has 1 amide bonds. The monoisotopic (exact) mass is 549 g/mol. The summed E-state index contributed by atoms with van der Waals surface area (Å²) in [5.41, 5.74) is 4.77. The van der Waals surface area contributed by atoms with Crippen LogP contribution in [0.3, 0.4) is 0 Å². The molecule has 2 aromatic heterocycles. The van der Waals surface area contributed by atoms with E-state index in [1.165, 1.54) is 37.7 Å². The van der Waals surface area contributed by atoms with Crippen LogP contribution in [0, 0.1) is 23.7 Å². The van der Waals surface area contributed by atoms with E-state index < -0.39 is 0 Å². The molecule has 2 bridgehead atoms. The van der Waals surface area contributed by atoms with Gasteiger partial charge < -0.3 is 10.4 Å². The zero-order chi connectivity index (χ0) is 27.8. The number of carbonyl (C=O) groups excluding carboxylic acids is 1. The Balaban J connectivity index is 1.09. The summed E-state index contributed by atoms with van der Waals surface area (Å²) in [4.78, 5) is 22.5. The van der Waals surface area contributed by atoms with Crippen molar-refractivity contribution in [2.75, 3.05) is 0 Å². The number of hydrogen-bond donors (Lipinski definition) is 3. The number of aliphatic hydroxyl groups is 1. The van der Waals surface area contributed by atoms with Crippen LogP contribution < -0.4 is 5.32 Å². The topological polar surface area (TPSA) is 104 Å². The van der Waals surface area contributed by atoms with Gasteiger partial charge in [-0.1, -0.05) is 43.5 Å². The van der Waals surface area contributed by atoms with Gasteiger partial charge in [0, 0.05) is 28.9 Å². The third-order valence-electron chi connectivity index (χ3n) is 10.0. The van der Waals surface area contributed by atoms with E-state index in [1.54, 1.807) is 12.4 Å². The maximum absolute atomic E-state index is 13.5. The van der Waals surface area contributed by atoms with E-state index in [1.807, 2.05) is 24.3 Å². The minimum absolute atomic E-state index is 0.110. The van der Waals surface area contributed by atoms with E-state index in [2.05, 4.69) is 49.7 Å². The highest BCUT2D eigenvalue weighted by Gasteiger charge is 2.36. The molecule has 4 fully saturated rings. The van der Waals surface area contributed by atoms with Gasteiger partial charge in [0.2, 0.25) is 0 Å². The van der Waals surface area contributed by atoms with Crippen molar-refractivity contribution in [1.29, 1.82) is 0 Å². The van der Waals surface area contributed by atoms with Gasteiger partial charge in [-0.15, -0.1) is 0 Å². The minimum atomic E-state index is -0.190. The molecule has 0 spiro atoms. The lowest BCUT2D eigenvalue weighted by molar-refractivity contribution is 0.0919. The number of fused-ring (bicyclic) bond motifs is 5. The molecule has 0 saturated heterocycles. The molecule has 41 heavy (non-hydrogen) atoms. The predicted molar refractivity (Wildman–Crippen MR) is 159 cm³/mol. The first-order valence-electron chi connectivity index (χ1n) is 15.4. The Bertz CT molecular complexity index is 1490. The van der Waals surface area contributed by atoms with Crippen molar-refractivity contribution in [2.24, 2.45) is 23.7 Å². The average Bonchev–Trinajstić information content (AvgIpc) is 3.61. The van der Waals surface area contributed by atoms with Gasteiger partial charge in [-0.05, 0) is 98.4 Å². The minimum Gasteiger partial charge on any atom is -0.393 e. The molecule has 8 rings (SSSR count). The molecule has 3 N–H and O–H groups in total. The number of nitrogens with one attached hydrogen (secondary N) is 2. The van der Waals surface area contributed by atoms with Gasteiger partial charge in [-0.25, -0.2) is 9.97 Å². The van der Waals surface area contributed by atoms with Crippen LogP contribution in [0.4, 0.5) is 0 Å². The normalized spacial score (nSPS) is 25.3. The van der Waals surface area contributed by atoms with E-state index in [-0.39, 0.29) is 18.1 Å². The maximum Gasteiger partial charge on any atom is 0.251 e. The van der Waals surface area contributed by atoms with Gasteiger partial charge in [0.05, 0.1) is 23.4 Å². The van der Waals surface area contributed by atoms with Crippen molar-refractivity contribution in [2.45, 2.75) is 76.4 Å². The van der Waals surface area contributed by atoms with Crippen LogP contribution in [-0.4, -0.2) is 37.3 Å². The Hall–Kier alpha value is -3.58. The largest absolute Gasteiger partial charge is 0.393 e. The van der Waals surface area contributed by atoms with Crippen LogP contribution >= 0.6 is 0 Å². The Kier molecular flexibility index (Phi) is 7.29. The first-order chi connectivity index (χ1) is 20.1. The summed E-state index contributed by atoms with van der Waals surface area (Å²) in [5, 5.41) is 22.3. The van der Waals surface area contributed by atoms with Crippen molar-refractivity contribution in [1.82, 2.24) is 25.5 Å². The maximum atomic E-state index is 13.5. The van der Waals surface area contributed by atoms with Gasteiger partial charge in [-0.3, -0.25) is 9.89 Å². The standard InChI is InChI=1S/C34H39N5O2/c40-28-18-22-8-11-25(19-28)27(17-22)16-21-6-9-24(10-7-21)31-29-20-26(12-13-30(29)38-39-31)34(41)37-32(23-4-1-2-5-23)33-35-14-3-15-36-33/h3,6-7,9-10,12-15,20,22-23,25,27-28,32,40H,1-2,4-5,8,11,16-19H2,(H,37,41)(H,38,39). The van der Waals surface area contributed by atoms with E-state index >= 15 is 0 Å². The van der Waals surface area contributed by atoms with Gasteiger partial charge in [-0.2, -0.15) is 5.10 Å². The number of carbonyl (C=O) groups is 1. The van der Waals surface area contributed by atoms with Crippen LogP contribution in [0.25, 0.3) is 22.2 Å². The Morgan fingerprint density at radius 2 is 1.78 bits per heavy atom. The van der Waals surface area contributed by atoms with E-state index in [9.17, 15) is 9.90 Å². The van der Waals surface area contributed by atoms with Crippen LogP contribution in [0.1, 0.15) is 85.6 Å². The summed E-state index contributed by atoms with van der Waals surface area (Å²) in [7, 11) is 0. The molecule has 5 atom stereocenters. The van der Waals surface area contributed by atoms with E-state index in [0.29, 0.717) is 35.1 Å². The zero-order valence-electron chi connectivity index (χ0n) is 23.5. The molecular formula is C34H39N5O2. The Morgan fingerprint density at radius 1 is 0.976 bits per heavy atom. The fraction of sp³-hybridized carbons (Fsp3) is 0.471. The summed E-state index contributed by atoms with van der Waals surface area (Å²) < 4.78 is 0. The first kappa shape index (κ1) is 26.3. The highest BCUT2D eigenvalue weighted by atomic mass is 16.3. The Morgan fingerprint density at radius 3 is 2.59 bits per heavy atom. The summed E-state index contributed by atoms with van der Waals surface area (Å²) in [6, 6.07) is 16.1. The lowest BCUT2D eigenvalue weighted by Crippen LogP contribution is -2.34. The van der Waals surface area contributed by atoms with Crippen molar-refractivity contribution in [3.05, 3.63) is 77.9 Å². The average molecular weight is 550 g/mol.